The Morgan fingerprint density at radius 1 is 1.56 bits per heavy atom. The van der Waals surface area contributed by atoms with Gasteiger partial charge in [-0.25, -0.2) is 4.98 Å². The number of hydrogen-bond acceptors (Lipinski definition) is 4. The molecule has 98 valence electrons. The molecule has 0 saturated carbocycles. The van der Waals surface area contributed by atoms with E-state index in [2.05, 4.69) is 15.6 Å². The summed E-state index contributed by atoms with van der Waals surface area (Å²) in [7, 11) is 1.78. The van der Waals surface area contributed by atoms with E-state index in [9.17, 15) is 4.79 Å². The molecule has 1 aromatic heterocycles. The quantitative estimate of drug-likeness (QED) is 0.843. The Balaban J connectivity index is 1.97. The predicted molar refractivity (Wildman–Crippen MR) is 69.6 cm³/mol. The highest BCUT2D eigenvalue weighted by molar-refractivity contribution is 5.92. The van der Waals surface area contributed by atoms with Crippen molar-refractivity contribution in [1.82, 2.24) is 10.3 Å². The van der Waals surface area contributed by atoms with E-state index >= 15 is 0 Å². The molecular formula is C13H19N3O2. The summed E-state index contributed by atoms with van der Waals surface area (Å²) in [5, 5.41) is 5.90. The number of aromatic nitrogens is 1. The number of nitrogens with one attached hydrogen (secondary N) is 2. The first-order valence-corrected chi connectivity index (χ1v) is 6.24. The lowest BCUT2D eigenvalue weighted by molar-refractivity contribution is 0.0917. The molecule has 1 aromatic rings. The molecule has 1 amide bonds. The largest absolute Gasteiger partial charge is 0.381 e. The van der Waals surface area contributed by atoms with Crippen LogP contribution in [0.15, 0.2) is 18.2 Å². The molecule has 2 heterocycles. The number of pyridine rings is 1. The van der Waals surface area contributed by atoms with Gasteiger partial charge >= 0.3 is 0 Å². The van der Waals surface area contributed by atoms with Crippen LogP contribution in [0, 0.1) is 5.92 Å². The van der Waals surface area contributed by atoms with Gasteiger partial charge in [-0.15, -0.1) is 0 Å². The fraction of sp³-hybridized carbons (Fsp3) is 0.538. The highest BCUT2D eigenvalue weighted by Crippen LogP contribution is 2.16. The monoisotopic (exact) mass is 249 g/mol. The Kier molecular flexibility index (Phi) is 4.15. The zero-order chi connectivity index (χ0) is 13.0. The van der Waals surface area contributed by atoms with Crippen LogP contribution in [0.5, 0.6) is 0 Å². The number of hydrogen-bond donors (Lipinski definition) is 2. The normalized spacial score (nSPS) is 20.4. The van der Waals surface area contributed by atoms with E-state index in [-0.39, 0.29) is 11.9 Å². The average molecular weight is 249 g/mol. The molecule has 5 nitrogen and oxygen atoms in total. The molecule has 5 heteroatoms. The third-order valence-electron chi connectivity index (χ3n) is 3.27. The van der Waals surface area contributed by atoms with Gasteiger partial charge in [0.1, 0.15) is 11.5 Å². The minimum atomic E-state index is -0.133. The lowest BCUT2D eigenvalue weighted by Gasteiger charge is -2.19. The van der Waals surface area contributed by atoms with Gasteiger partial charge in [0, 0.05) is 25.6 Å². The molecule has 2 N–H and O–H groups in total. The minimum Gasteiger partial charge on any atom is -0.381 e. The van der Waals surface area contributed by atoms with E-state index in [0.717, 1.165) is 19.6 Å². The van der Waals surface area contributed by atoms with Crippen LogP contribution < -0.4 is 10.6 Å². The molecule has 1 saturated heterocycles. The van der Waals surface area contributed by atoms with Gasteiger partial charge in [-0.2, -0.15) is 0 Å². The molecule has 0 spiro atoms. The highest BCUT2D eigenvalue weighted by Gasteiger charge is 2.24. The first-order chi connectivity index (χ1) is 8.70. The predicted octanol–water partition coefficient (Wildman–Crippen LogP) is 1.28. The number of rotatable bonds is 4. The lowest BCUT2D eigenvalue weighted by atomic mass is 10.0. The first-order valence-electron chi connectivity index (χ1n) is 6.24. The van der Waals surface area contributed by atoms with E-state index in [1.54, 1.807) is 13.1 Å². The number of carbonyl (C=O) groups is 1. The van der Waals surface area contributed by atoms with Crippen LogP contribution in [0.25, 0.3) is 0 Å². The van der Waals surface area contributed by atoms with Gasteiger partial charge in [0.05, 0.1) is 6.61 Å². The Morgan fingerprint density at radius 2 is 2.39 bits per heavy atom. The van der Waals surface area contributed by atoms with E-state index < -0.39 is 0 Å². The molecule has 1 aliphatic rings. The summed E-state index contributed by atoms with van der Waals surface area (Å²) in [6.45, 7) is 3.53. The van der Waals surface area contributed by atoms with E-state index in [0.29, 0.717) is 17.4 Å². The summed E-state index contributed by atoms with van der Waals surface area (Å²) < 4.78 is 5.33. The SMILES string of the molecule is CNc1cccc(C(=O)NC(C)C2CCOC2)n1. The van der Waals surface area contributed by atoms with Crippen LogP contribution in [0.3, 0.4) is 0 Å². The van der Waals surface area contributed by atoms with Gasteiger partial charge in [-0.3, -0.25) is 4.79 Å². The van der Waals surface area contributed by atoms with Crippen LogP contribution in [-0.4, -0.2) is 37.2 Å². The van der Waals surface area contributed by atoms with Gasteiger partial charge < -0.3 is 15.4 Å². The fourth-order valence-electron chi connectivity index (χ4n) is 2.05. The van der Waals surface area contributed by atoms with E-state index in [1.807, 2.05) is 19.1 Å². The smallest absolute Gasteiger partial charge is 0.270 e. The summed E-state index contributed by atoms with van der Waals surface area (Å²) in [6, 6.07) is 5.47. The topological polar surface area (TPSA) is 63.2 Å². The van der Waals surface area contributed by atoms with Crippen LogP contribution in [-0.2, 0) is 4.74 Å². The molecule has 1 fully saturated rings. The Morgan fingerprint density at radius 3 is 3.06 bits per heavy atom. The molecule has 18 heavy (non-hydrogen) atoms. The standard InChI is InChI=1S/C13H19N3O2/c1-9(10-6-7-18-8-10)15-13(17)11-4-3-5-12(14-2)16-11/h3-5,9-10H,6-8H2,1-2H3,(H,14,16)(H,15,17). The zero-order valence-electron chi connectivity index (χ0n) is 10.8. The lowest BCUT2D eigenvalue weighted by Crippen LogP contribution is -2.38. The molecule has 0 bridgehead atoms. The molecule has 2 unspecified atom stereocenters. The molecule has 2 atom stereocenters. The molecule has 0 radical (unpaired) electrons. The number of amides is 1. The Bertz CT molecular complexity index is 416. The number of ether oxygens (including phenoxy) is 1. The number of carbonyl (C=O) groups excluding carboxylic acids is 1. The first kappa shape index (κ1) is 12.8. The van der Waals surface area contributed by atoms with Crippen molar-refractivity contribution in [3.63, 3.8) is 0 Å². The van der Waals surface area contributed by atoms with Crippen molar-refractivity contribution in [2.75, 3.05) is 25.6 Å². The second-order valence-electron chi connectivity index (χ2n) is 4.54. The van der Waals surface area contributed by atoms with Gasteiger partial charge in [0.2, 0.25) is 0 Å². The fourth-order valence-corrected chi connectivity index (χ4v) is 2.05. The van der Waals surface area contributed by atoms with Gasteiger partial charge in [0.15, 0.2) is 0 Å². The second-order valence-corrected chi connectivity index (χ2v) is 4.54. The molecule has 0 aliphatic carbocycles. The van der Waals surface area contributed by atoms with E-state index in [4.69, 9.17) is 4.74 Å². The minimum absolute atomic E-state index is 0.111. The molecule has 2 rings (SSSR count). The third kappa shape index (κ3) is 2.98. The maximum atomic E-state index is 12.0. The Labute approximate surface area is 107 Å². The van der Waals surface area contributed by atoms with Crippen molar-refractivity contribution in [2.45, 2.75) is 19.4 Å². The molecule has 1 aliphatic heterocycles. The summed E-state index contributed by atoms with van der Waals surface area (Å²) in [4.78, 5) is 16.3. The van der Waals surface area contributed by atoms with Crippen molar-refractivity contribution in [2.24, 2.45) is 5.92 Å². The van der Waals surface area contributed by atoms with Crippen molar-refractivity contribution >= 4 is 11.7 Å². The van der Waals surface area contributed by atoms with Gasteiger partial charge in [-0.05, 0) is 25.5 Å². The van der Waals surface area contributed by atoms with Crippen molar-refractivity contribution in [1.29, 1.82) is 0 Å². The van der Waals surface area contributed by atoms with Gasteiger partial charge in [0.25, 0.3) is 5.91 Å². The van der Waals surface area contributed by atoms with E-state index in [1.165, 1.54) is 0 Å². The van der Waals surface area contributed by atoms with Crippen LogP contribution >= 0.6 is 0 Å². The maximum Gasteiger partial charge on any atom is 0.270 e. The summed E-state index contributed by atoms with van der Waals surface area (Å²) >= 11 is 0. The van der Waals surface area contributed by atoms with Crippen LogP contribution in [0.4, 0.5) is 5.82 Å². The van der Waals surface area contributed by atoms with Crippen LogP contribution in [0.1, 0.15) is 23.8 Å². The molecular weight excluding hydrogens is 230 g/mol. The average Bonchev–Trinajstić information content (AvgIpc) is 2.92. The highest BCUT2D eigenvalue weighted by atomic mass is 16.5. The third-order valence-corrected chi connectivity index (χ3v) is 3.27. The summed E-state index contributed by atoms with van der Waals surface area (Å²) in [6.07, 6.45) is 1.01. The maximum absolute atomic E-state index is 12.0. The van der Waals surface area contributed by atoms with Crippen molar-refractivity contribution in [3.8, 4) is 0 Å². The zero-order valence-corrected chi connectivity index (χ0v) is 10.8. The number of anilines is 1. The van der Waals surface area contributed by atoms with Crippen LogP contribution in [0.2, 0.25) is 0 Å². The second kappa shape index (κ2) is 5.82. The summed E-state index contributed by atoms with van der Waals surface area (Å²) in [5.74, 6) is 0.965. The van der Waals surface area contributed by atoms with Gasteiger partial charge in [-0.1, -0.05) is 6.07 Å². The number of nitrogens with zero attached hydrogens (tertiary/aromatic N) is 1. The molecule has 0 aromatic carbocycles. The van der Waals surface area contributed by atoms with Crippen molar-refractivity contribution < 1.29 is 9.53 Å². The Hall–Kier alpha value is -1.62. The summed E-state index contributed by atoms with van der Waals surface area (Å²) in [5.41, 5.74) is 0.438. The van der Waals surface area contributed by atoms with Crippen molar-refractivity contribution in [3.05, 3.63) is 23.9 Å².